The van der Waals surface area contributed by atoms with Crippen molar-refractivity contribution in [3.05, 3.63) is 22.8 Å². The molecule has 5 nitrogen and oxygen atoms in total. The van der Waals surface area contributed by atoms with E-state index < -0.39 is 0 Å². The van der Waals surface area contributed by atoms with Gasteiger partial charge in [-0.2, -0.15) is 5.26 Å². The quantitative estimate of drug-likeness (QED) is 0.767. The monoisotopic (exact) mass is 283 g/mol. The highest BCUT2D eigenvalue weighted by atomic mass is 35.5. The highest BCUT2D eigenvalue weighted by Gasteiger charge is 2.19. The molecule has 1 aromatic rings. The second kappa shape index (κ2) is 7.95. The van der Waals surface area contributed by atoms with Crippen molar-refractivity contribution in [3.63, 3.8) is 0 Å². The first-order chi connectivity index (χ1) is 9.15. The van der Waals surface area contributed by atoms with Crippen LogP contribution in [0.1, 0.15) is 12.5 Å². The molecule has 1 atom stereocenters. The van der Waals surface area contributed by atoms with E-state index in [-0.39, 0.29) is 6.04 Å². The van der Waals surface area contributed by atoms with Gasteiger partial charge in [-0.1, -0.05) is 11.6 Å². The Balaban J connectivity index is 3.06. The van der Waals surface area contributed by atoms with Crippen LogP contribution in [0.25, 0.3) is 0 Å². The Kier molecular flexibility index (Phi) is 6.57. The molecule has 1 aromatic heterocycles. The third-order valence-electron chi connectivity index (χ3n) is 2.74. The Hall–Kier alpha value is -1.35. The highest BCUT2D eigenvalue weighted by Crippen LogP contribution is 2.27. The van der Waals surface area contributed by atoms with Gasteiger partial charge in [0.15, 0.2) is 0 Å². The first kappa shape index (κ1) is 15.7. The SMILES string of the molecule is COCCN(c1nccc(C#N)c1Cl)C(C)COC. The lowest BCUT2D eigenvalue weighted by molar-refractivity contribution is 0.170. The maximum Gasteiger partial charge on any atom is 0.149 e. The van der Waals surface area contributed by atoms with Gasteiger partial charge in [0.25, 0.3) is 0 Å². The van der Waals surface area contributed by atoms with Crippen molar-refractivity contribution >= 4 is 17.4 Å². The maximum atomic E-state index is 9.01. The van der Waals surface area contributed by atoms with Gasteiger partial charge in [0.05, 0.1) is 24.8 Å². The fourth-order valence-corrected chi connectivity index (χ4v) is 2.04. The van der Waals surface area contributed by atoms with Crippen LogP contribution in [-0.4, -0.2) is 45.0 Å². The van der Waals surface area contributed by atoms with Gasteiger partial charge in [0, 0.05) is 27.0 Å². The van der Waals surface area contributed by atoms with E-state index in [0.717, 1.165) is 0 Å². The molecule has 0 spiro atoms. The maximum absolute atomic E-state index is 9.01. The Bertz CT molecular complexity index is 448. The number of methoxy groups -OCH3 is 2. The van der Waals surface area contributed by atoms with Crippen molar-refractivity contribution < 1.29 is 9.47 Å². The third-order valence-corrected chi connectivity index (χ3v) is 3.11. The van der Waals surface area contributed by atoms with Crippen molar-refractivity contribution in [2.45, 2.75) is 13.0 Å². The molecule has 0 radical (unpaired) electrons. The lowest BCUT2D eigenvalue weighted by Crippen LogP contribution is -2.39. The molecule has 0 aliphatic heterocycles. The smallest absolute Gasteiger partial charge is 0.149 e. The standard InChI is InChI=1S/C13H18ClN3O2/c1-10(9-19-3)17(6-7-18-2)13-12(14)11(8-15)4-5-16-13/h4-5,10H,6-7,9H2,1-3H3. The average molecular weight is 284 g/mol. The number of halogens is 1. The number of hydrogen-bond acceptors (Lipinski definition) is 5. The van der Waals surface area contributed by atoms with E-state index in [1.54, 1.807) is 26.5 Å². The molecule has 19 heavy (non-hydrogen) atoms. The number of nitrogens with zero attached hydrogens (tertiary/aromatic N) is 3. The molecular weight excluding hydrogens is 266 g/mol. The summed E-state index contributed by atoms with van der Waals surface area (Å²) in [7, 11) is 3.28. The molecule has 104 valence electrons. The molecule has 6 heteroatoms. The first-order valence-corrected chi connectivity index (χ1v) is 6.32. The topological polar surface area (TPSA) is 58.4 Å². The van der Waals surface area contributed by atoms with Crippen molar-refractivity contribution in [1.29, 1.82) is 5.26 Å². The normalized spacial score (nSPS) is 11.9. The Morgan fingerprint density at radius 1 is 1.47 bits per heavy atom. The van der Waals surface area contributed by atoms with Crippen LogP contribution < -0.4 is 4.90 Å². The molecule has 0 saturated heterocycles. The van der Waals surface area contributed by atoms with Crippen LogP contribution in [0.4, 0.5) is 5.82 Å². The van der Waals surface area contributed by atoms with Gasteiger partial charge in [-0.05, 0) is 13.0 Å². The summed E-state index contributed by atoms with van der Waals surface area (Å²) in [6, 6.07) is 3.74. The molecule has 0 N–H and O–H groups in total. The van der Waals surface area contributed by atoms with Gasteiger partial charge in [0.1, 0.15) is 16.9 Å². The molecule has 0 amide bonds. The number of hydrogen-bond donors (Lipinski definition) is 0. The highest BCUT2D eigenvalue weighted by molar-refractivity contribution is 6.34. The zero-order valence-electron chi connectivity index (χ0n) is 11.4. The van der Waals surface area contributed by atoms with Crippen LogP contribution in [0.2, 0.25) is 5.02 Å². The molecule has 1 heterocycles. The molecule has 0 aromatic carbocycles. The van der Waals surface area contributed by atoms with Gasteiger partial charge in [-0.15, -0.1) is 0 Å². The summed E-state index contributed by atoms with van der Waals surface area (Å²) in [4.78, 5) is 6.26. The number of rotatable bonds is 7. The minimum Gasteiger partial charge on any atom is -0.383 e. The summed E-state index contributed by atoms with van der Waals surface area (Å²) in [5.41, 5.74) is 0.415. The minimum atomic E-state index is 0.0825. The lowest BCUT2D eigenvalue weighted by atomic mass is 10.2. The Morgan fingerprint density at radius 2 is 2.21 bits per heavy atom. The van der Waals surface area contributed by atoms with Gasteiger partial charge >= 0.3 is 0 Å². The molecule has 0 aliphatic carbocycles. The number of pyridine rings is 1. The van der Waals surface area contributed by atoms with Crippen molar-refractivity contribution in [1.82, 2.24) is 4.98 Å². The molecule has 1 rings (SSSR count). The van der Waals surface area contributed by atoms with Gasteiger partial charge in [-0.25, -0.2) is 4.98 Å². The van der Waals surface area contributed by atoms with Crippen LogP contribution in [-0.2, 0) is 9.47 Å². The first-order valence-electron chi connectivity index (χ1n) is 5.94. The van der Waals surface area contributed by atoms with Crippen molar-refractivity contribution in [3.8, 4) is 6.07 Å². The van der Waals surface area contributed by atoms with Gasteiger partial charge < -0.3 is 14.4 Å². The van der Waals surface area contributed by atoms with Crippen LogP contribution in [0, 0.1) is 11.3 Å². The molecule has 0 bridgehead atoms. The lowest BCUT2D eigenvalue weighted by Gasteiger charge is -2.30. The van der Waals surface area contributed by atoms with Crippen LogP contribution in [0.15, 0.2) is 12.3 Å². The predicted molar refractivity (Wildman–Crippen MR) is 74.5 cm³/mol. The molecule has 0 fully saturated rings. The van der Waals surface area contributed by atoms with Crippen LogP contribution >= 0.6 is 11.6 Å². The van der Waals surface area contributed by atoms with Crippen molar-refractivity contribution in [2.75, 3.05) is 38.9 Å². The van der Waals surface area contributed by atoms with E-state index in [1.807, 2.05) is 11.8 Å². The summed E-state index contributed by atoms with van der Waals surface area (Å²) in [6.07, 6.45) is 1.58. The van der Waals surface area contributed by atoms with Crippen LogP contribution in [0.3, 0.4) is 0 Å². The predicted octanol–water partition coefficient (Wildman–Crippen LogP) is 2.09. The molecule has 0 aliphatic rings. The fraction of sp³-hybridized carbons (Fsp3) is 0.538. The minimum absolute atomic E-state index is 0.0825. The van der Waals surface area contributed by atoms with E-state index in [9.17, 15) is 0 Å². The Labute approximate surface area is 118 Å². The van der Waals surface area contributed by atoms with E-state index >= 15 is 0 Å². The largest absolute Gasteiger partial charge is 0.383 e. The summed E-state index contributed by atoms with van der Waals surface area (Å²) in [5.74, 6) is 0.585. The third kappa shape index (κ3) is 4.06. The summed E-state index contributed by atoms with van der Waals surface area (Å²) < 4.78 is 10.3. The summed E-state index contributed by atoms with van der Waals surface area (Å²) in [6.45, 7) is 3.72. The number of aromatic nitrogens is 1. The van der Waals surface area contributed by atoms with Crippen molar-refractivity contribution in [2.24, 2.45) is 0 Å². The van der Waals surface area contributed by atoms with E-state index in [0.29, 0.717) is 36.2 Å². The second-order valence-corrected chi connectivity index (χ2v) is 4.48. The van der Waals surface area contributed by atoms with E-state index in [1.165, 1.54) is 0 Å². The number of nitriles is 1. The van der Waals surface area contributed by atoms with E-state index in [4.69, 9.17) is 26.3 Å². The zero-order chi connectivity index (χ0) is 14.3. The number of anilines is 1. The molecular formula is C13H18ClN3O2. The van der Waals surface area contributed by atoms with E-state index in [2.05, 4.69) is 11.1 Å². The van der Waals surface area contributed by atoms with Gasteiger partial charge in [-0.3, -0.25) is 0 Å². The van der Waals surface area contributed by atoms with Crippen LogP contribution in [0.5, 0.6) is 0 Å². The van der Waals surface area contributed by atoms with Gasteiger partial charge in [0.2, 0.25) is 0 Å². The number of ether oxygens (including phenoxy) is 2. The average Bonchev–Trinajstić information content (AvgIpc) is 2.41. The second-order valence-electron chi connectivity index (χ2n) is 4.10. The fourth-order valence-electron chi connectivity index (χ4n) is 1.78. The summed E-state index contributed by atoms with van der Waals surface area (Å²) in [5, 5.41) is 9.38. The summed E-state index contributed by atoms with van der Waals surface area (Å²) >= 11 is 6.22. The zero-order valence-corrected chi connectivity index (χ0v) is 12.1. The Morgan fingerprint density at radius 3 is 2.79 bits per heavy atom. The molecule has 1 unspecified atom stereocenters. The molecule has 0 saturated carbocycles.